The van der Waals surface area contributed by atoms with E-state index in [0.29, 0.717) is 16.8 Å². The summed E-state index contributed by atoms with van der Waals surface area (Å²) in [5.74, 6) is 0. The third kappa shape index (κ3) is 2.15. The van der Waals surface area contributed by atoms with E-state index < -0.39 is 0 Å². The molecule has 0 amide bonds. The van der Waals surface area contributed by atoms with Crippen molar-refractivity contribution in [2.75, 3.05) is 5.73 Å². The minimum Gasteiger partial charge on any atom is -0.398 e. The summed E-state index contributed by atoms with van der Waals surface area (Å²) in [5, 5.41) is 17.8. The van der Waals surface area contributed by atoms with Gasteiger partial charge in [-0.05, 0) is 42.0 Å². The topological polar surface area (TPSA) is 73.6 Å². The number of benzene rings is 2. The van der Waals surface area contributed by atoms with Gasteiger partial charge < -0.3 is 5.73 Å². The molecule has 2 aromatic rings. The number of nitrogens with zero attached hydrogens (tertiary/aromatic N) is 2. The molecule has 86 valence electrons. The second-order valence-electron chi connectivity index (χ2n) is 3.76. The molecule has 0 bridgehead atoms. The molecule has 2 N–H and O–H groups in total. The molecule has 0 aliphatic heterocycles. The number of hydrogen-bond donors (Lipinski definition) is 2. The Morgan fingerprint density at radius 1 is 0.889 bits per heavy atom. The fourth-order valence-electron chi connectivity index (χ4n) is 1.68. The average molecular weight is 251 g/mol. The number of thiol groups is 1. The van der Waals surface area contributed by atoms with E-state index >= 15 is 0 Å². The number of hydrogen-bond acceptors (Lipinski definition) is 4. The first kappa shape index (κ1) is 12.0. The zero-order valence-electron chi connectivity index (χ0n) is 9.38. The molecular formula is C14H9N3S. The van der Waals surface area contributed by atoms with Crippen molar-refractivity contribution in [2.24, 2.45) is 0 Å². The van der Waals surface area contributed by atoms with Crippen LogP contribution in [-0.4, -0.2) is 0 Å². The van der Waals surface area contributed by atoms with Crippen LogP contribution in [0.1, 0.15) is 11.1 Å². The Balaban J connectivity index is 2.69. The minimum atomic E-state index is 0.522. The smallest absolute Gasteiger partial charge is 0.0991 e. The highest BCUT2D eigenvalue weighted by Crippen LogP contribution is 2.32. The number of rotatable bonds is 1. The lowest BCUT2D eigenvalue weighted by Gasteiger charge is -2.09. The summed E-state index contributed by atoms with van der Waals surface area (Å²) in [7, 11) is 0. The van der Waals surface area contributed by atoms with Crippen molar-refractivity contribution in [2.45, 2.75) is 4.90 Å². The highest BCUT2D eigenvalue weighted by Gasteiger charge is 2.08. The van der Waals surface area contributed by atoms with Crippen LogP contribution in [0.4, 0.5) is 5.69 Å². The Kier molecular flexibility index (Phi) is 3.23. The highest BCUT2D eigenvalue weighted by molar-refractivity contribution is 7.80. The predicted octanol–water partition coefficient (Wildman–Crippen LogP) is 2.97. The average Bonchev–Trinajstić information content (AvgIpc) is 2.40. The van der Waals surface area contributed by atoms with Gasteiger partial charge in [0.1, 0.15) is 0 Å². The van der Waals surface area contributed by atoms with Gasteiger partial charge in [0.25, 0.3) is 0 Å². The predicted molar refractivity (Wildman–Crippen MR) is 73.0 cm³/mol. The van der Waals surface area contributed by atoms with Crippen molar-refractivity contribution in [3.63, 3.8) is 0 Å². The molecular weight excluding hydrogens is 242 g/mol. The number of anilines is 1. The molecule has 0 aliphatic carbocycles. The van der Waals surface area contributed by atoms with E-state index in [4.69, 9.17) is 16.3 Å². The summed E-state index contributed by atoms with van der Waals surface area (Å²) in [4.78, 5) is 0.718. The zero-order valence-corrected chi connectivity index (χ0v) is 10.3. The van der Waals surface area contributed by atoms with Crippen LogP contribution < -0.4 is 5.73 Å². The van der Waals surface area contributed by atoms with Gasteiger partial charge in [-0.2, -0.15) is 10.5 Å². The van der Waals surface area contributed by atoms with Gasteiger partial charge in [-0.25, -0.2) is 0 Å². The summed E-state index contributed by atoms with van der Waals surface area (Å²) in [6.07, 6.45) is 0. The number of nitriles is 2. The third-order valence-electron chi connectivity index (χ3n) is 2.60. The Morgan fingerprint density at radius 3 is 2.06 bits per heavy atom. The molecule has 3 nitrogen and oxygen atoms in total. The van der Waals surface area contributed by atoms with Gasteiger partial charge in [0.05, 0.1) is 23.3 Å². The highest BCUT2D eigenvalue weighted by atomic mass is 32.1. The van der Waals surface area contributed by atoms with Gasteiger partial charge in [0.15, 0.2) is 0 Å². The Bertz CT molecular complexity index is 632. The SMILES string of the molecule is N#Cc1ccc(N)c(-c2cc(C#N)ccc2S)c1. The lowest BCUT2D eigenvalue weighted by atomic mass is 9.99. The van der Waals surface area contributed by atoms with Gasteiger partial charge in [-0.1, -0.05) is 0 Å². The van der Waals surface area contributed by atoms with E-state index in [0.717, 1.165) is 16.0 Å². The maximum absolute atomic E-state index is 8.91. The Hall–Kier alpha value is -2.43. The number of nitrogens with two attached hydrogens (primary N) is 1. The summed E-state index contributed by atoms with van der Waals surface area (Å²) < 4.78 is 0. The van der Waals surface area contributed by atoms with E-state index in [1.807, 2.05) is 0 Å². The maximum Gasteiger partial charge on any atom is 0.0991 e. The molecule has 0 aliphatic rings. The monoisotopic (exact) mass is 251 g/mol. The molecule has 0 heterocycles. The standard InChI is InChI=1S/C14H9N3S/c15-7-9-1-3-13(17)11(5-9)12-6-10(8-16)2-4-14(12)18/h1-6,18H,17H2. The summed E-state index contributed by atoms with van der Waals surface area (Å²) in [5.41, 5.74) is 8.99. The maximum atomic E-state index is 8.91. The molecule has 0 atom stereocenters. The first-order chi connectivity index (χ1) is 8.65. The van der Waals surface area contributed by atoms with Crippen molar-refractivity contribution in [3.05, 3.63) is 47.5 Å². The minimum absolute atomic E-state index is 0.522. The molecule has 0 radical (unpaired) electrons. The van der Waals surface area contributed by atoms with Gasteiger partial charge >= 0.3 is 0 Å². The van der Waals surface area contributed by atoms with E-state index in [1.54, 1.807) is 36.4 Å². The van der Waals surface area contributed by atoms with Crippen LogP contribution in [0, 0.1) is 22.7 Å². The molecule has 0 saturated heterocycles. The van der Waals surface area contributed by atoms with Gasteiger partial charge in [-0.3, -0.25) is 0 Å². The van der Waals surface area contributed by atoms with Crippen molar-refractivity contribution < 1.29 is 0 Å². The van der Waals surface area contributed by atoms with Gasteiger partial charge in [0.2, 0.25) is 0 Å². The van der Waals surface area contributed by atoms with Crippen molar-refractivity contribution >= 4 is 18.3 Å². The molecule has 0 fully saturated rings. The summed E-state index contributed by atoms with van der Waals surface area (Å²) in [6, 6.07) is 14.3. The molecule has 4 heteroatoms. The summed E-state index contributed by atoms with van der Waals surface area (Å²) in [6.45, 7) is 0. The van der Waals surface area contributed by atoms with Crippen LogP contribution in [0.25, 0.3) is 11.1 Å². The molecule has 0 unspecified atom stereocenters. The van der Waals surface area contributed by atoms with E-state index in [1.165, 1.54) is 0 Å². The fourth-order valence-corrected chi connectivity index (χ4v) is 1.94. The van der Waals surface area contributed by atoms with Crippen molar-refractivity contribution in [1.82, 2.24) is 0 Å². The lowest BCUT2D eigenvalue weighted by molar-refractivity contribution is 1.41. The first-order valence-electron chi connectivity index (χ1n) is 5.19. The van der Waals surface area contributed by atoms with Gasteiger partial charge in [0, 0.05) is 16.1 Å². The van der Waals surface area contributed by atoms with E-state index in [9.17, 15) is 0 Å². The molecule has 0 spiro atoms. The van der Waals surface area contributed by atoms with Crippen LogP contribution >= 0.6 is 12.6 Å². The molecule has 0 saturated carbocycles. The van der Waals surface area contributed by atoms with Gasteiger partial charge in [-0.15, -0.1) is 12.6 Å². The second kappa shape index (κ2) is 4.83. The van der Waals surface area contributed by atoms with Crippen molar-refractivity contribution in [3.8, 4) is 23.3 Å². The zero-order chi connectivity index (χ0) is 13.1. The molecule has 0 aromatic heterocycles. The fraction of sp³-hybridized carbons (Fsp3) is 0. The second-order valence-corrected chi connectivity index (χ2v) is 4.24. The van der Waals surface area contributed by atoms with Crippen LogP contribution in [0.15, 0.2) is 41.3 Å². The first-order valence-corrected chi connectivity index (χ1v) is 5.63. The van der Waals surface area contributed by atoms with E-state index in [-0.39, 0.29) is 0 Å². The molecule has 18 heavy (non-hydrogen) atoms. The normalized spacial score (nSPS) is 9.50. The van der Waals surface area contributed by atoms with Crippen molar-refractivity contribution in [1.29, 1.82) is 10.5 Å². The van der Waals surface area contributed by atoms with Crippen LogP contribution in [-0.2, 0) is 0 Å². The molecule has 2 rings (SSSR count). The van der Waals surface area contributed by atoms with Crippen LogP contribution in [0.3, 0.4) is 0 Å². The molecule has 2 aromatic carbocycles. The number of nitrogen functional groups attached to an aromatic ring is 1. The van der Waals surface area contributed by atoms with E-state index in [2.05, 4.69) is 24.8 Å². The van der Waals surface area contributed by atoms with Crippen LogP contribution in [0.2, 0.25) is 0 Å². The summed E-state index contributed by atoms with van der Waals surface area (Å²) >= 11 is 4.36. The largest absolute Gasteiger partial charge is 0.398 e. The third-order valence-corrected chi connectivity index (χ3v) is 2.99. The quantitative estimate of drug-likeness (QED) is 0.604. The Morgan fingerprint density at radius 2 is 1.44 bits per heavy atom. The van der Waals surface area contributed by atoms with Crippen LogP contribution in [0.5, 0.6) is 0 Å². The lowest BCUT2D eigenvalue weighted by Crippen LogP contribution is -1.92. The Labute approximate surface area is 110 Å².